The second-order valence-electron chi connectivity index (χ2n) is 8.03. The van der Waals surface area contributed by atoms with Gasteiger partial charge in [-0.05, 0) is 85.0 Å². The van der Waals surface area contributed by atoms with E-state index < -0.39 is 5.91 Å². The summed E-state index contributed by atoms with van der Waals surface area (Å²) in [6.07, 6.45) is 1.51. The highest BCUT2D eigenvalue weighted by Gasteiger charge is 2.17. The van der Waals surface area contributed by atoms with Crippen molar-refractivity contribution in [1.82, 2.24) is 0 Å². The smallest absolute Gasteiger partial charge is 0.266 e. The minimum absolute atomic E-state index is 0.0716. The summed E-state index contributed by atoms with van der Waals surface area (Å²) in [6.45, 7) is 2.24. The highest BCUT2D eigenvalue weighted by Crippen LogP contribution is 2.35. The number of halogens is 2. The van der Waals surface area contributed by atoms with Crippen molar-refractivity contribution in [3.8, 4) is 17.6 Å². The van der Waals surface area contributed by atoms with Crippen molar-refractivity contribution in [1.29, 1.82) is 5.26 Å². The molecule has 0 fully saturated rings. The SMILES string of the molecule is COc1cccc(/C=C(\C#N)C(=O)Nc2c(Br)cc(C)cc2Br)c1OCc1cccc2ccccc12. The van der Waals surface area contributed by atoms with Crippen LogP contribution in [-0.2, 0) is 11.4 Å². The molecule has 0 saturated carbocycles. The topological polar surface area (TPSA) is 71.3 Å². The standard InChI is InChI=1S/C29H22Br2N2O3/c1-18-13-24(30)27(25(31)14-18)33-29(34)22(16-32)15-20-9-6-12-26(35-2)28(20)36-17-21-10-5-8-19-7-3-4-11-23(19)21/h3-15H,17H2,1-2H3,(H,33,34)/b22-15+. The number of benzene rings is 4. The molecule has 1 amide bonds. The maximum atomic E-state index is 13.0. The van der Waals surface area contributed by atoms with Gasteiger partial charge in [-0.15, -0.1) is 0 Å². The van der Waals surface area contributed by atoms with Gasteiger partial charge in [0, 0.05) is 14.5 Å². The quantitative estimate of drug-likeness (QED) is 0.172. The average molecular weight is 606 g/mol. The number of anilines is 1. The molecule has 0 aliphatic carbocycles. The Kier molecular flexibility index (Phi) is 8.09. The number of nitrogens with one attached hydrogen (secondary N) is 1. The first kappa shape index (κ1) is 25.5. The molecule has 0 bridgehead atoms. The van der Waals surface area contributed by atoms with Crippen molar-refractivity contribution in [2.75, 3.05) is 12.4 Å². The first-order valence-electron chi connectivity index (χ1n) is 11.1. The number of ether oxygens (including phenoxy) is 2. The molecular formula is C29H22Br2N2O3. The predicted octanol–water partition coefficient (Wildman–Crippen LogP) is 7.81. The van der Waals surface area contributed by atoms with Crippen LogP contribution in [0.1, 0.15) is 16.7 Å². The van der Waals surface area contributed by atoms with Crippen LogP contribution in [-0.4, -0.2) is 13.0 Å². The molecule has 0 spiro atoms. The number of carbonyl (C=O) groups excluding carboxylic acids is 1. The Morgan fingerprint density at radius 2 is 1.72 bits per heavy atom. The summed E-state index contributed by atoms with van der Waals surface area (Å²) in [6, 6.07) is 25.3. The molecule has 0 radical (unpaired) electrons. The Morgan fingerprint density at radius 3 is 2.44 bits per heavy atom. The van der Waals surface area contributed by atoms with E-state index in [-0.39, 0.29) is 5.57 Å². The molecule has 0 saturated heterocycles. The summed E-state index contributed by atoms with van der Waals surface area (Å²) in [5.74, 6) is 0.419. The van der Waals surface area contributed by atoms with E-state index in [1.165, 1.54) is 6.08 Å². The van der Waals surface area contributed by atoms with Gasteiger partial charge in [-0.25, -0.2) is 0 Å². The molecule has 0 aliphatic heterocycles. The third kappa shape index (κ3) is 5.62. The Bertz CT molecular complexity index is 1490. The molecule has 180 valence electrons. The van der Waals surface area contributed by atoms with Crippen LogP contribution in [0, 0.1) is 18.3 Å². The lowest BCUT2D eigenvalue weighted by molar-refractivity contribution is -0.112. The van der Waals surface area contributed by atoms with E-state index in [1.807, 2.05) is 49.4 Å². The molecule has 5 nitrogen and oxygen atoms in total. The van der Waals surface area contributed by atoms with Crippen molar-refractivity contribution >= 4 is 60.3 Å². The van der Waals surface area contributed by atoms with Gasteiger partial charge in [0.15, 0.2) is 11.5 Å². The predicted molar refractivity (Wildman–Crippen MR) is 150 cm³/mol. The number of rotatable bonds is 7. The van der Waals surface area contributed by atoms with Crippen LogP contribution in [0.4, 0.5) is 5.69 Å². The fraction of sp³-hybridized carbons (Fsp3) is 0.103. The summed E-state index contributed by atoms with van der Waals surface area (Å²) in [5.41, 5.74) is 3.07. The zero-order chi connectivity index (χ0) is 25.7. The minimum atomic E-state index is -0.537. The summed E-state index contributed by atoms with van der Waals surface area (Å²) in [5, 5.41) is 14.8. The largest absolute Gasteiger partial charge is 0.493 e. The van der Waals surface area contributed by atoms with E-state index in [1.54, 1.807) is 25.3 Å². The molecule has 1 N–H and O–H groups in total. The third-order valence-corrected chi connectivity index (χ3v) is 6.82. The van der Waals surface area contributed by atoms with Crippen LogP contribution in [0.15, 0.2) is 87.3 Å². The fourth-order valence-corrected chi connectivity index (χ4v) is 5.45. The van der Waals surface area contributed by atoms with E-state index >= 15 is 0 Å². The molecule has 4 aromatic rings. The van der Waals surface area contributed by atoms with Crippen LogP contribution in [0.5, 0.6) is 11.5 Å². The fourth-order valence-electron chi connectivity index (χ4n) is 3.83. The number of nitrogens with zero attached hydrogens (tertiary/aromatic N) is 1. The number of para-hydroxylation sites is 1. The molecule has 36 heavy (non-hydrogen) atoms. The van der Waals surface area contributed by atoms with Gasteiger partial charge in [-0.3, -0.25) is 4.79 Å². The first-order valence-corrected chi connectivity index (χ1v) is 12.6. The van der Waals surface area contributed by atoms with Gasteiger partial charge in [-0.2, -0.15) is 5.26 Å². The molecule has 4 aromatic carbocycles. The van der Waals surface area contributed by atoms with Crippen LogP contribution in [0.25, 0.3) is 16.8 Å². The molecule has 0 aromatic heterocycles. The zero-order valence-electron chi connectivity index (χ0n) is 19.6. The van der Waals surface area contributed by atoms with Crippen LogP contribution >= 0.6 is 31.9 Å². The van der Waals surface area contributed by atoms with Gasteiger partial charge in [0.05, 0.1) is 12.8 Å². The number of aryl methyl sites for hydroxylation is 1. The Balaban J connectivity index is 1.65. The van der Waals surface area contributed by atoms with Gasteiger partial charge < -0.3 is 14.8 Å². The van der Waals surface area contributed by atoms with E-state index in [2.05, 4.69) is 55.4 Å². The normalized spacial score (nSPS) is 11.1. The van der Waals surface area contributed by atoms with Gasteiger partial charge in [0.2, 0.25) is 0 Å². The molecule has 0 heterocycles. The minimum Gasteiger partial charge on any atom is -0.493 e. The highest BCUT2D eigenvalue weighted by atomic mass is 79.9. The molecular weight excluding hydrogens is 584 g/mol. The average Bonchev–Trinajstić information content (AvgIpc) is 2.88. The number of fused-ring (bicyclic) bond motifs is 1. The third-order valence-electron chi connectivity index (χ3n) is 5.57. The first-order chi connectivity index (χ1) is 17.4. The van der Waals surface area contributed by atoms with Gasteiger partial charge in [-0.1, -0.05) is 54.6 Å². The monoisotopic (exact) mass is 604 g/mol. The lowest BCUT2D eigenvalue weighted by atomic mass is 10.1. The molecule has 7 heteroatoms. The van der Waals surface area contributed by atoms with Gasteiger partial charge >= 0.3 is 0 Å². The number of methoxy groups -OCH3 is 1. The molecule has 0 atom stereocenters. The number of carbonyl (C=O) groups is 1. The Morgan fingerprint density at radius 1 is 1.03 bits per heavy atom. The van der Waals surface area contributed by atoms with E-state index in [9.17, 15) is 10.1 Å². The number of hydrogen-bond acceptors (Lipinski definition) is 4. The Hall–Kier alpha value is -3.60. The molecule has 4 rings (SSSR count). The summed E-state index contributed by atoms with van der Waals surface area (Å²) in [7, 11) is 1.55. The summed E-state index contributed by atoms with van der Waals surface area (Å²) < 4.78 is 13.2. The summed E-state index contributed by atoms with van der Waals surface area (Å²) >= 11 is 6.94. The molecule has 0 aliphatic rings. The Labute approximate surface area is 226 Å². The van der Waals surface area contributed by atoms with Crippen molar-refractivity contribution < 1.29 is 14.3 Å². The van der Waals surface area contributed by atoms with Crippen molar-refractivity contribution in [2.24, 2.45) is 0 Å². The van der Waals surface area contributed by atoms with E-state index in [0.717, 1.165) is 21.9 Å². The second-order valence-corrected chi connectivity index (χ2v) is 9.74. The van der Waals surface area contributed by atoms with Gasteiger partial charge in [0.1, 0.15) is 18.2 Å². The maximum Gasteiger partial charge on any atom is 0.266 e. The lowest BCUT2D eigenvalue weighted by Gasteiger charge is -2.15. The van der Waals surface area contributed by atoms with E-state index in [4.69, 9.17) is 9.47 Å². The number of amides is 1. The highest BCUT2D eigenvalue weighted by molar-refractivity contribution is 9.11. The van der Waals surface area contributed by atoms with E-state index in [0.29, 0.717) is 38.3 Å². The van der Waals surface area contributed by atoms with Crippen molar-refractivity contribution in [3.05, 3.63) is 104 Å². The second kappa shape index (κ2) is 11.4. The lowest BCUT2D eigenvalue weighted by Crippen LogP contribution is -2.14. The zero-order valence-corrected chi connectivity index (χ0v) is 22.8. The number of nitriles is 1. The van der Waals surface area contributed by atoms with Crippen LogP contribution in [0.3, 0.4) is 0 Å². The van der Waals surface area contributed by atoms with Crippen molar-refractivity contribution in [3.63, 3.8) is 0 Å². The van der Waals surface area contributed by atoms with Crippen molar-refractivity contribution in [2.45, 2.75) is 13.5 Å². The number of hydrogen-bond donors (Lipinski definition) is 1. The van der Waals surface area contributed by atoms with Crippen LogP contribution < -0.4 is 14.8 Å². The maximum absolute atomic E-state index is 13.0. The van der Waals surface area contributed by atoms with Gasteiger partial charge in [0.25, 0.3) is 5.91 Å². The van der Waals surface area contributed by atoms with Crippen LogP contribution in [0.2, 0.25) is 0 Å². The summed E-state index contributed by atoms with van der Waals surface area (Å²) in [4.78, 5) is 13.0. The molecule has 0 unspecified atom stereocenters.